The Balaban J connectivity index is 1.46. The number of aliphatic hydroxyl groups is 1. The predicted molar refractivity (Wildman–Crippen MR) is 97.5 cm³/mol. The second-order valence-corrected chi connectivity index (χ2v) is 6.52. The molecule has 1 fully saturated rings. The normalized spacial score (nSPS) is 17.8. The van der Waals surface area contributed by atoms with E-state index < -0.39 is 6.10 Å². The van der Waals surface area contributed by atoms with Crippen LogP contribution in [0.1, 0.15) is 22.8 Å². The fourth-order valence-corrected chi connectivity index (χ4v) is 3.20. The first-order valence-corrected chi connectivity index (χ1v) is 8.70. The minimum atomic E-state index is -0.433. The second kappa shape index (κ2) is 8.40. The van der Waals surface area contributed by atoms with Crippen LogP contribution in [0.15, 0.2) is 54.6 Å². The van der Waals surface area contributed by atoms with Gasteiger partial charge in [-0.15, -0.1) is 0 Å². The molecule has 1 aliphatic heterocycles. The average Bonchev–Trinajstić information content (AvgIpc) is 2.64. The Morgan fingerprint density at radius 3 is 2.08 bits per heavy atom. The van der Waals surface area contributed by atoms with E-state index >= 15 is 0 Å². The van der Waals surface area contributed by atoms with E-state index in [1.807, 2.05) is 24.3 Å². The van der Waals surface area contributed by atoms with Crippen molar-refractivity contribution in [2.75, 3.05) is 32.7 Å². The Labute approximate surface area is 144 Å². The summed E-state index contributed by atoms with van der Waals surface area (Å²) >= 11 is 0. The third kappa shape index (κ3) is 4.65. The molecule has 0 bridgehead atoms. The van der Waals surface area contributed by atoms with Crippen LogP contribution < -0.4 is 5.73 Å². The van der Waals surface area contributed by atoms with Crippen LogP contribution in [0.3, 0.4) is 0 Å². The average molecular weight is 325 g/mol. The molecule has 1 saturated heterocycles. The summed E-state index contributed by atoms with van der Waals surface area (Å²) in [6.45, 7) is 6.36. The van der Waals surface area contributed by atoms with E-state index in [0.717, 1.165) is 43.9 Å². The van der Waals surface area contributed by atoms with Gasteiger partial charge in [-0.2, -0.15) is 0 Å². The van der Waals surface area contributed by atoms with Crippen LogP contribution in [0.25, 0.3) is 0 Å². The molecule has 0 spiro atoms. The smallest absolute Gasteiger partial charge is 0.0916 e. The number of benzene rings is 2. The summed E-state index contributed by atoms with van der Waals surface area (Å²) in [5.41, 5.74) is 9.05. The molecule has 2 aromatic carbocycles. The number of hydrogen-bond acceptors (Lipinski definition) is 4. The van der Waals surface area contributed by atoms with Gasteiger partial charge in [0.1, 0.15) is 0 Å². The third-order valence-corrected chi connectivity index (χ3v) is 4.75. The van der Waals surface area contributed by atoms with E-state index in [4.69, 9.17) is 5.73 Å². The van der Waals surface area contributed by atoms with Gasteiger partial charge in [0.15, 0.2) is 0 Å². The van der Waals surface area contributed by atoms with Gasteiger partial charge in [0, 0.05) is 45.8 Å². The van der Waals surface area contributed by atoms with E-state index in [-0.39, 0.29) is 0 Å². The van der Waals surface area contributed by atoms with Crippen molar-refractivity contribution in [2.45, 2.75) is 19.2 Å². The fraction of sp³-hybridized carbons (Fsp3) is 0.400. The van der Waals surface area contributed by atoms with Gasteiger partial charge in [0.25, 0.3) is 0 Å². The zero-order valence-corrected chi connectivity index (χ0v) is 14.1. The lowest BCUT2D eigenvalue weighted by Gasteiger charge is -2.35. The van der Waals surface area contributed by atoms with Crippen LogP contribution in [0.5, 0.6) is 0 Å². The highest BCUT2D eigenvalue weighted by Crippen LogP contribution is 2.17. The van der Waals surface area contributed by atoms with Crippen molar-refractivity contribution in [3.8, 4) is 0 Å². The van der Waals surface area contributed by atoms with E-state index in [2.05, 4.69) is 40.1 Å². The van der Waals surface area contributed by atoms with Crippen LogP contribution in [0, 0.1) is 0 Å². The zero-order chi connectivity index (χ0) is 16.8. The van der Waals surface area contributed by atoms with E-state index in [9.17, 15) is 5.11 Å². The molecule has 24 heavy (non-hydrogen) atoms. The minimum Gasteiger partial charge on any atom is -0.387 e. The Bertz CT molecular complexity index is 607. The van der Waals surface area contributed by atoms with Gasteiger partial charge < -0.3 is 10.8 Å². The van der Waals surface area contributed by atoms with Crippen molar-refractivity contribution in [2.24, 2.45) is 5.73 Å². The number of nitrogens with two attached hydrogens (primary N) is 1. The Morgan fingerprint density at radius 2 is 1.46 bits per heavy atom. The maximum Gasteiger partial charge on any atom is 0.0916 e. The molecule has 1 heterocycles. The molecule has 1 aliphatic rings. The van der Waals surface area contributed by atoms with Gasteiger partial charge in [-0.1, -0.05) is 54.6 Å². The molecule has 0 amide bonds. The lowest BCUT2D eigenvalue weighted by Crippen LogP contribution is -2.47. The summed E-state index contributed by atoms with van der Waals surface area (Å²) in [7, 11) is 0. The van der Waals surface area contributed by atoms with E-state index in [1.165, 1.54) is 5.56 Å². The molecule has 4 heteroatoms. The molecule has 0 aliphatic carbocycles. The molecule has 0 radical (unpaired) electrons. The molecule has 0 saturated carbocycles. The summed E-state index contributed by atoms with van der Waals surface area (Å²) in [5.74, 6) is 0. The molecule has 0 aromatic heterocycles. The van der Waals surface area contributed by atoms with Crippen molar-refractivity contribution < 1.29 is 5.11 Å². The molecule has 2 aromatic rings. The molecular weight excluding hydrogens is 298 g/mol. The maximum atomic E-state index is 10.5. The zero-order valence-electron chi connectivity index (χ0n) is 14.1. The Kier molecular flexibility index (Phi) is 5.99. The molecule has 1 unspecified atom stereocenters. The molecule has 4 nitrogen and oxygen atoms in total. The highest BCUT2D eigenvalue weighted by atomic mass is 16.3. The van der Waals surface area contributed by atoms with Crippen molar-refractivity contribution in [1.82, 2.24) is 9.80 Å². The quantitative estimate of drug-likeness (QED) is 0.853. The summed E-state index contributed by atoms with van der Waals surface area (Å²) in [5, 5.41) is 10.5. The summed E-state index contributed by atoms with van der Waals surface area (Å²) < 4.78 is 0. The fourth-order valence-electron chi connectivity index (χ4n) is 3.20. The summed E-state index contributed by atoms with van der Waals surface area (Å²) in [6.07, 6.45) is -0.433. The van der Waals surface area contributed by atoms with Crippen LogP contribution in [-0.2, 0) is 13.1 Å². The number of piperazine rings is 1. The van der Waals surface area contributed by atoms with Gasteiger partial charge >= 0.3 is 0 Å². The summed E-state index contributed by atoms with van der Waals surface area (Å²) in [6, 6.07) is 18.6. The Hall–Kier alpha value is -1.72. The number of hydrogen-bond donors (Lipinski definition) is 2. The summed E-state index contributed by atoms with van der Waals surface area (Å²) in [4.78, 5) is 4.83. The predicted octanol–water partition coefficient (Wildman–Crippen LogP) is 2.00. The molecular formula is C20H27N3O. The van der Waals surface area contributed by atoms with Gasteiger partial charge in [-0.05, 0) is 16.7 Å². The van der Waals surface area contributed by atoms with Crippen molar-refractivity contribution >= 4 is 0 Å². The first-order chi connectivity index (χ1) is 11.7. The van der Waals surface area contributed by atoms with Crippen LogP contribution in [0.4, 0.5) is 0 Å². The second-order valence-electron chi connectivity index (χ2n) is 6.52. The highest BCUT2D eigenvalue weighted by molar-refractivity contribution is 5.24. The minimum absolute atomic E-state index is 0.433. The first-order valence-electron chi connectivity index (χ1n) is 8.70. The highest BCUT2D eigenvalue weighted by Gasteiger charge is 2.19. The first kappa shape index (κ1) is 17.1. The largest absolute Gasteiger partial charge is 0.387 e. The van der Waals surface area contributed by atoms with Gasteiger partial charge in [-0.25, -0.2) is 0 Å². The van der Waals surface area contributed by atoms with Gasteiger partial charge in [0.05, 0.1) is 6.10 Å². The van der Waals surface area contributed by atoms with Crippen LogP contribution in [0.2, 0.25) is 0 Å². The standard InChI is InChI=1S/C20H27N3O/c21-14-17-6-8-19(9-7-17)20(24)16-23-12-10-22(11-13-23)15-18-4-2-1-3-5-18/h1-9,20,24H,10-16,21H2. The topological polar surface area (TPSA) is 52.7 Å². The lowest BCUT2D eigenvalue weighted by molar-refractivity contribution is 0.0701. The van der Waals surface area contributed by atoms with Gasteiger partial charge in [-0.3, -0.25) is 9.80 Å². The SMILES string of the molecule is NCc1ccc(C(O)CN2CCN(Cc3ccccc3)CC2)cc1. The van der Waals surface area contributed by atoms with E-state index in [1.54, 1.807) is 0 Å². The molecule has 3 N–H and O–H groups in total. The molecule has 128 valence electrons. The lowest BCUT2D eigenvalue weighted by atomic mass is 10.1. The van der Waals surface area contributed by atoms with Crippen LogP contribution in [-0.4, -0.2) is 47.6 Å². The third-order valence-electron chi connectivity index (χ3n) is 4.75. The van der Waals surface area contributed by atoms with Crippen molar-refractivity contribution in [1.29, 1.82) is 0 Å². The number of nitrogens with zero attached hydrogens (tertiary/aromatic N) is 2. The van der Waals surface area contributed by atoms with Crippen LogP contribution >= 0.6 is 0 Å². The van der Waals surface area contributed by atoms with Gasteiger partial charge in [0.2, 0.25) is 0 Å². The molecule has 1 atom stereocenters. The number of aliphatic hydroxyl groups excluding tert-OH is 1. The Morgan fingerprint density at radius 1 is 0.833 bits per heavy atom. The molecule has 3 rings (SSSR count). The van der Waals surface area contributed by atoms with Crippen molar-refractivity contribution in [3.05, 3.63) is 71.3 Å². The number of rotatable bonds is 6. The monoisotopic (exact) mass is 325 g/mol. The van der Waals surface area contributed by atoms with Crippen molar-refractivity contribution in [3.63, 3.8) is 0 Å². The number of β-amino-alcohol motifs (C(OH)–C–C–N with tert-alkyl or cyclic N) is 1. The maximum absolute atomic E-state index is 10.5. The van der Waals surface area contributed by atoms with E-state index in [0.29, 0.717) is 13.1 Å².